The SMILES string of the molecule is Cn1nnc(CNc2ccsc2)n1. The van der Waals surface area contributed by atoms with Gasteiger partial charge in [0.2, 0.25) is 0 Å². The van der Waals surface area contributed by atoms with Crippen molar-refractivity contribution in [1.82, 2.24) is 20.2 Å². The van der Waals surface area contributed by atoms with E-state index in [-0.39, 0.29) is 0 Å². The topological polar surface area (TPSA) is 55.6 Å². The summed E-state index contributed by atoms with van der Waals surface area (Å²) in [7, 11) is 1.75. The van der Waals surface area contributed by atoms with Crippen LogP contribution in [0, 0.1) is 0 Å². The molecule has 5 nitrogen and oxygen atoms in total. The summed E-state index contributed by atoms with van der Waals surface area (Å²) >= 11 is 1.66. The summed E-state index contributed by atoms with van der Waals surface area (Å²) in [6.07, 6.45) is 0. The van der Waals surface area contributed by atoms with Gasteiger partial charge in [0, 0.05) is 11.1 Å². The number of tetrazole rings is 1. The first-order chi connectivity index (χ1) is 6.34. The molecule has 0 aromatic carbocycles. The Morgan fingerprint density at radius 3 is 3.15 bits per heavy atom. The van der Waals surface area contributed by atoms with Gasteiger partial charge >= 0.3 is 0 Å². The lowest BCUT2D eigenvalue weighted by atomic mass is 10.5. The van der Waals surface area contributed by atoms with Crippen LogP contribution in [0.15, 0.2) is 16.8 Å². The van der Waals surface area contributed by atoms with Gasteiger partial charge in [-0.15, -0.1) is 10.2 Å². The number of hydrogen-bond donors (Lipinski definition) is 1. The molecule has 13 heavy (non-hydrogen) atoms. The van der Waals surface area contributed by atoms with Crippen molar-refractivity contribution >= 4 is 17.0 Å². The Morgan fingerprint density at radius 1 is 1.62 bits per heavy atom. The molecule has 0 aliphatic rings. The minimum Gasteiger partial charge on any atom is -0.377 e. The van der Waals surface area contributed by atoms with Crippen LogP contribution in [-0.2, 0) is 13.6 Å². The number of aryl methyl sites for hydroxylation is 1. The molecule has 0 saturated heterocycles. The van der Waals surface area contributed by atoms with E-state index in [1.807, 2.05) is 16.8 Å². The van der Waals surface area contributed by atoms with Gasteiger partial charge in [-0.3, -0.25) is 0 Å². The molecule has 0 aliphatic heterocycles. The first-order valence-corrected chi connectivity index (χ1v) is 4.78. The highest BCUT2D eigenvalue weighted by Crippen LogP contribution is 2.11. The average Bonchev–Trinajstić information content (AvgIpc) is 2.71. The van der Waals surface area contributed by atoms with E-state index >= 15 is 0 Å². The van der Waals surface area contributed by atoms with Crippen LogP contribution in [0.4, 0.5) is 5.69 Å². The molecular formula is C7H9N5S. The van der Waals surface area contributed by atoms with Crippen LogP contribution in [-0.4, -0.2) is 20.2 Å². The van der Waals surface area contributed by atoms with E-state index in [0.29, 0.717) is 12.4 Å². The molecule has 2 rings (SSSR count). The van der Waals surface area contributed by atoms with Crippen molar-refractivity contribution in [3.8, 4) is 0 Å². The second kappa shape index (κ2) is 3.53. The van der Waals surface area contributed by atoms with E-state index in [9.17, 15) is 0 Å². The zero-order valence-corrected chi connectivity index (χ0v) is 7.95. The fraction of sp³-hybridized carbons (Fsp3) is 0.286. The smallest absolute Gasteiger partial charge is 0.193 e. The van der Waals surface area contributed by atoms with Crippen LogP contribution in [0.1, 0.15) is 5.82 Å². The average molecular weight is 195 g/mol. The van der Waals surface area contributed by atoms with Gasteiger partial charge in [-0.2, -0.15) is 16.1 Å². The van der Waals surface area contributed by atoms with Gasteiger partial charge in [-0.25, -0.2) is 0 Å². The largest absolute Gasteiger partial charge is 0.377 e. The molecule has 0 spiro atoms. The predicted molar refractivity (Wildman–Crippen MR) is 50.4 cm³/mol. The van der Waals surface area contributed by atoms with E-state index in [4.69, 9.17) is 0 Å². The van der Waals surface area contributed by atoms with Crippen LogP contribution >= 0.6 is 11.3 Å². The van der Waals surface area contributed by atoms with Gasteiger partial charge in [0.05, 0.1) is 13.6 Å². The summed E-state index contributed by atoms with van der Waals surface area (Å²) in [5.41, 5.74) is 1.09. The third-order valence-electron chi connectivity index (χ3n) is 1.52. The molecule has 0 unspecified atom stereocenters. The van der Waals surface area contributed by atoms with Gasteiger partial charge in [-0.1, -0.05) is 0 Å². The molecule has 2 heterocycles. The van der Waals surface area contributed by atoms with Crippen LogP contribution in [0.5, 0.6) is 0 Å². The maximum absolute atomic E-state index is 4.05. The number of rotatable bonds is 3. The van der Waals surface area contributed by atoms with Crippen LogP contribution in [0.3, 0.4) is 0 Å². The first-order valence-electron chi connectivity index (χ1n) is 3.83. The highest BCUT2D eigenvalue weighted by atomic mass is 32.1. The van der Waals surface area contributed by atoms with E-state index < -0.39 is 0 Å². The summed E-state index contributed by atoms with van der Waals surface area (Å²) in [5.74, 6) is 0.703. The number of anilines is 1. The summed E-state index contributed by atoms with van der Waals surface area (Å²) in [6, 6.07) is 2.01. The van der Waals surface area contributed by atoms with Gasteiger partial charge in [0.15, 0.2) is 5.82 Å². The van der Waals surface area contributed by atoms with E-state index in [2.05, 4.69) is 20.7 Å². The van der Waals surface area contributed by atoms with Gasteiger partial charge in [0.1, 0.15) is 0 Å². The Morgan fingerprint density at radius 2 is 2.54 bits per heavy atom. The maximum Gasteiger partial charge on any atom is 0.193 e. The summed E-state index contributed by atoms with van der Waals surface area (Å²) < 4.78 is 0. The quantitative estimate of drug-likeness (QED) is 0.790. The lowest BCUT2D eigenvalue weighted by molar-refractivity contribution is 0.628. The van der Waals surface area contributed by atoms with Crippen molar-refractivity contribution in [2.45, 2.75) is 6.54 Å². The molecule has 0 radical (unpaired) electrons. The van der Waals surface area contributed by atoms with Crippen molar-refractivity contribution in [2.24, 2.45) is 7.05 Å². The Balaban J connectivity index is 1.93. The van der Waals surface area contributed by atoms with Gasteiger partial charge in [0.25, 0.3) is 0 Å². The summed E-state index contributed by atoms with van der Waals surface area (Å²) in [4.78, 5) is 1.45. The predicted octanol–water partition coefficient (Wildman–Crippen LogP) is 0.884. The van der Waals surface area contributed by atoms with Crippen molar-refractivity contribution in [2.75, 3.05) is 5.32 Å². The second-order valence-corrected chi connectivity index (χ2v) is 3.34. The molecule has 0 aliphatic carbocycles. The minimum absolute atomic E-state index is 0.616. The molecule has 68 valence electrons. The highest BCUT2D eigenvalue weighted by Gasteiger charge is 1.99. The van der Waals surface area contributed by atoms with Crippen molar-refractivity contribution in [3.05, 3.63) is 22.7 Å². The Bertz CT molecular complexity index is 366. The molecule has 6 heteroatoms. The van der Waals surface area contributed by atoms with Crippen molar-refractivity contribution < 1.29 is 0 Å². The van der Waals surface area contributed by atoms with Gasteiger partial charge in [-0.05, 0) is 16.7 Å². The fourth-order valence-electron chi connectivity index (χ4n) is 0.940. The van der Waals surface area contributed by atoms with Crippen molar-refractivity contribution in [3.63, 3.8) is 0 Å². The van der Waals surface area contributed by atoms with E-state index in [1.165, 1.54) is 4.80 Å². The third-order valence-corrected chi connectivity index (χ3v) is 2.20. The minimum atomic E-state index is 0.616. The fourth-order valence-corrected chi connectivity index (χ4v) is 1.55. The molecule has 2 aromatic heterocycles. The zero-order valence-electron chi connectivity index (χ0n) is 7.14. The Hall–Kier alpha value is -1.43. The number of nitrogens with zero attached hydrogens (tertiary/aromatic N) is 4. The van der Waals surface area contributed by atoms with E-state index in [0.717, 1.165) is 5.69 Å². The number of thiophene rings is 1. The molecule has 0 bridgehead atoms. The van der Waals surface area contributed by atoms with Crippen LogP contribution < -0.4 is 5.32 Å². The van der Waals surface area contributed by atoms with Crippen LogP contribution in [0.25, 0.3) is 0 Å². The molecule has 1 N–H and O–H groups in total. The highest BCUT2D eigenvalue weighted by molar-refractivity contribution is 7.08. The summed E-state index contributed by atoms with van der Waals surface area (Å²) in [5, 5.41) is 18.9. The lowest BCUT2D eigenvalue weighted by Crippen LogP contribution is -2.01. The zero-order chi connectivity index (χ0) is 9.10. The number of nitrogens with one attached hydrogen (secondary N) is 1. The number of aromatic nitrogens is 4. The maximum atomic E-state index is 4.05. The molecule has 0 fully saturated rings. The van der Waals surface area contributed by atoms with Crippen molar-refractivity contribution in [1.29, 1.82) is 0 Å². The van der Waals surface area contributed by atoms with E-state index in [1.54, 1.807) is 18.4 Å². The molecule has 0 atom stereocenters. The lowest BCUT2D eigenvalue weighted by Gasteiger charge is -1.97. The van der Waals surface area contributed by atoms with Gasteiger partial charge < -0.3 is 5.32 Å². The molecule has 2 aromatic rings. The number of hydrogen-bond acceptors (Lipinski definition) is 5. The monoisotopic (exact) mass is 195 g/mol. The third kappa shape index (κ3) is 2.03. The molecule has 0 amide bonds. The first kappa shape index (κ1) is 8.18. The molecule has 0 saturated carbocycles. The standard InChI is InChI=1S/C7H9N5S/c1-12-10-7(9-11-12)4-8-6-2-3-13-5-6/h2-3,5,8H,4H2,1H3. The van der Waals surface area contributed by atoms with Crippen LogP contribution in [0.2, 0.25) is 0 Å². The normalized spacial score (nSPS) is 10.2. The Kier molecular flexibility index (Phi) is 2.22. The second-order valence-electron chi connectivity index (χ2n) is 2.56. The Labute approximate surface area is 79.4 Å². The molecular weight excluding hydrogens is 186 g/mol. The summed E-state index contributed by atoms with van der Waals surface area (Å²) in [6.45, 7) is 0.616.